The minimum Gasteiger partial charge on any atom is -0.362 e. The summed E-state index contributed by atoms with van der Waals surface area (Å²) in [6.07, 6.45) is 1.83. The summed E-state index contributed by atoms with van der Waals surface area (Å²) in [5.74, 6) is 0.700. The van der Waals surface area contributed by atoms with Gasteiger partial charge in [-0.05, 0) is 13.8 Å². The lowest BCUT2D eigenvalue weighted by atomic mass is 10.2. The van der Waals surface area contributed by atoms with E-state index in [2.05, 4.69) is 20.3 Å². The molecule has 1 N–H and O–H groups in total. The van der Waals surface area contributed by atoms with Gasteiger partial charge in [0.2, 0.25) is 0 Å². The summed E-state index contributed by atoms with van der Waals surface area (Å²) in [4.78, 5) is 29.0. The number of benzene rings is 1. The van der Waals surface area contributed by atoms with E-state index in [1.165, 1.54) is 11.3 Å². The summed E-state index contributed by atoms with van der Waals surface area (Å²) in [6, 6.07) is 9.88. The van der Waals surface area contributed by atoms with Crippen molar-refractivity contribution in [1.82, 2.24) is 19.9 Å². The fourth-order valence-electron chi connectivity index (χ4n) is 2.99. The number of nitrogens with one attached hydrogen (secondary N) is 1. The highest BCUT2D eigenvalue weighted by molar-refractivity contribution is 7.17. The molecule has 3 aromatic rings. The van der Waals surface area contributed by atoms with Crippen LogP contribution >= 0.6 is 11.3 Å². The number of hydrogen-bond acceptors (Lipinski definition) is 6. The van der Waals surface area contributed by atoms with E-state index < -0.39 is 0 Å². The molecule has 132 valence electrons. The lowest BCUT2D eigenvalue weighted by Gasteiger charge is -2.13. The minimum atomic E-state index is 0.00316. The van der Waals surface area contributed by atoms with Crippen LogP contribution in [0.5, 0.6) is 0 Å². The Morgan fingerprint density at radius 3 is 2.81 bits per heavy atom. The van der Waals surface area contributed by atoms with E-state index in [9.17, 15) is 4.79 Å². The Labute approximate surface area is 155 Å². The summed E-state index contributed by atoms with van der Waals surface area (Å²) >= 11 is 1.41. The third-order valence-corrected chi connectivity index (χ3v) is 5.40. The average molecular weight is 365 g/mol. The highest BCUT2D eigenvalue weighted by Crippen LogP contribution is 2.29. The van der Waals surface area contributed by atoms with Gasteiger partial charge in [-0.3, -0.25) is 4.79 Å². The van der Waals surface area contributed by atoms with E-state index in [1.807, 2.05) is 55.3 Å². The molecule has 1 aliphatic rings. The van der Waals surface area contributed by atoms with E-state index >= 15 is 0 Å². The lowest BCUT2D eigenvalue weighted by Crippen LogP contribution is -2.25. The van der Waals surface area contributed by atoms with Crippen LogP contribution in [0.25, 0.3) is 11.4 Å². The summed E-state index contributed by atoms with van der Waals surface area (Å²) in [5, 5.41) is 3.96. The van der Waals surface area contributed by atoms with E-state index in [0.29, 0.717) is 23.8 Å². The minimum absolute atomic E-state index is 0.00316. The quantitative estimate of drug-likeness (QED) is 0.766. The topological polar surface area (TPSA) is 71.0 Å². The Bertz CT molecular complexity index is 954. The van der Waals surface area contributed by atoms with Gasteiger partial charge in [0.1, 0.15) is 4.88 Å². The first-order valence-corrected chi connectivity index (χ1v) is 9.38. The van der Waals surface area contributed by atoms with Gasteiger partial charge in [-0.25, -0.2) is 15.0 Å². The molecule has 0 unspecified atom stereocenters. The highest BCUT2D eigenvalue weighted by Gasteiger charge is 2.28. The van der Waals surface area contributed by atoms with Gasteiger partial charge in [-0.15, -0.1) is 0 Å². The predicted octanol–water partition coefficient (Wildman–Crippen LogP) is 3.50. The first kappa shape index (κ1) is 16.7. The van der Waals surface area contributed by atoms with Crippen LogP contribution in [0.3, 0.4) is 0 Å². The monoisotopic (exact) mass is 365 g/mol. The number of aromatic nitrogens is 3. The smallest absolute Gasteiger partial charge is 0.266 e. The van der Waals surface area contributed by atoms with Gasteiger partial charge in [-0.1, -0.05) is 41.7 Å². The SMILES string of the molecule is CCNc1nc(C)c(C(=O)N2Cc3cnc(-c4ccccc4)nc3C2)s1. The van der Waals surface area contributed by atoms with Gasteiger partial charge in [-0.2, -0.15) is 0 Å². The molecule has 0 fully saturated rings. The Balaban J connectivity index is 1.56. The van der Waals surface area contributed by atoms with Crippen molar-refractivity contribution in [2.75, 3.05) is 11.9 Å². The molecular formula is C19H19N5OS. The van der Waals surface area contributed by atoms with Gasteiger partial charge in [0, 0.05) is 30.4 Å². The van der Waals surface area contributed by atoms with Crippen molar-refractivity contribution < 1.29 is 4.79 Å². The molecule has 0 saturated heterocycles. The first-order valence-electron chi connectivity index (χ1n) is 8.56. The summed E-state index contributed by atoms with van der Waals surface area (Å²) in [7, 11) is 0. The van der Waals surface area contributed by atoms with Crippen LogP contribution < -0.4 is 5.32 Å². The molecular weight excluding hydrogens is 346 g/mol. The number of amides is 1. The Morgan fingerprint density at radius 2 is 2.04 bits per heavy atom. The average Bonchev–Trinajstić information content (AvgIpc) is 3.25. The number of aryl methyl sites for hydroxylation is 1. The van der Waals surface area contributed by atoms with Crippen molar-refractivity contribution in [1.29, 1.82) is 0 Å². The molecule has 7 heteroatoms. The summed E-state index contributed by atoms with van der Waals surface area (Å²) < 4.78 is 0. The molecule has 0 atom stereocenters. The van der Waals surface area contributed by atoms with Crippen LogP contribution in [0.4, 0.5) is 5.13 Å². The van der Waals surface area contributed by atoms with E-state index in [-0.39, 0.29) is 5.91 Å². The summed E-state index contributed by atoms with van der Waals surface area (Å²) in [5.41, 5.74) is 3.67. The Kier molecular flexibility index (Phi) is 4.38. The van der Waals surface area contributed by atoms with Gasteiger partial charge < -0.3 is 10.2 Å². The third kappa shape index (κ3) is 3.06. The van der Waals surface area contributed by atoms with Crippen molar-refractivity contribution in [2.24, 2.45) is 0 Å². The second-order valence-electron chi connectivity index (χ2n) is 6.16. The second kappa shape index (κ2) is 6.84. The zero-order valence-corrected chi connectivity index (χ0v) is 15.5. The number of carbonyl (C=O) groups is 1. The second-order valence-corrected chi connectivity index (χ2v) is 7.16. The predicted molar refractivity (Wildman–Crippen MR) is 102 cm³/mol. The van der Waals surface area contributed by atoms with E-state index in [4.69, 9.17) is 0 Å². The van der Waals surface area contributed by atoms with Crippen LogP contribution in [0.2, 0.25) is 0 Å². The molecule has 4 rings (SSSR count). The van der Waals surface area contributed by atoms with Crippen LogP contribution in [-0.4, -0.2) is 32.3 Å². The standard InChI is InChI=1S/C19H19N5OS/c1-3-20-19-22-12(2)16(26-19)18(25)24-10-14-9-21-17(23-15(14)11-24)13-7-5-4-6-8-13/h4-9H,3,10-11H2,1-2H3,(H,20,22). The van der Waals surface area contributed by atoms with Gasteiger partial charge in [0.15, 0.2) is 11.0 Å². The maximum Gasteiger partial charge on any atom is 0.266 e. The number of hydrogen-bond donors (Lipinski definition) is 1. The Hall–Kier alpha value is -2.80. The number of rotatable bonds is 4. The van der Waals surface area contributed by atoms with Crippen LogP contribution in [0.1, 0.15) is 33.5 Å². The molecule has 0 aliphatic carbocycles. The van der Waals surface area contributed by atoms with Crippen molar-refractivity contribution in [2.45, 2.75) is 26.9 Å². The van der Waals surface area contributed by atoms with Crippen LogP contribution in [0.15, 0.2) is 36.5 Å². The van der Waals surface area contributed by atoms with Crippen molar-refractivity contribution >= 4 is 22.4 Å². The zero-order chi connectivity index (χ0) is 18.1. The molecule has 1 aromatic carbocycles. The normalized spacial score (nSPS) is 12.9. The van der Waals surface area contributed by atoms with Crippen LogP contribution in [0, 0.1) is 6.92 Å². The molecule has 1 amide bonds. The first-order chi connectivity index (χ1) is 12.7. The number of fused-ring (bicyclic) bond motifs is 1. The fraction of sp³-hybridized carbons (Fsp3) is 0.263. The molecule has 0 radical (unpaired) electrons. The molecule has 26 heavy (non-hydrogen) atoms. The molecule has 2 aromatic heterocycles. The molecule has 3 heterocycles. The fourth-order valence-corrected chi connectivity index (χ4v) is 3.99. The molecule has 0 spiro atoms. The highest BCUT2D eigenvalue weighted by atomic mass is 32.1. The summed E-state index contributed by atoms with van der Waals surface area (Å²) in [6.45, 7) is 5.72. The molecule has 0 bridgehead atoms. The number of nitrogens with zero attached hydrogens (tertiary/aromatic N) is 4. The van der Waals surface area contributed by atoms with Crippen LogP contribution in [-0.2, 0) is 13.1 Å². The maximum absolute atomic E-state index is 12.9. The maximum atomic E-state index is 12.9. The Morgan fingerprint density at radius 1 is 1.23 bits per heavy atom. The molecule has 0 saturated carbocycles. The van der Waals surface area contributed by atoms with Gasteiger partial charge >= 0.3 is 0 Å². The largest absolute Gasteiger partial charge is 0.362 e. The number of carbonyl (C=O) groups excluding carboxylic acids is 1. The van der Waals surface area contributed by atoms with Crippen molar-refractivity contribution in [3.05, 3.63) is 58.4 Å². The van der Waals surface area contributed by atoms with Crippen molar-refractivity contribution in [3.8, 4) is 11.4 Å². The van der Waals surface area contributed by atoms with E-state index in [0.717, 1.165) is 34.2 Å². The number of anilines is 1. The lowest BCUT2D eigenvalue weighted by molar-refractivity contribution is 0.0754. The van der Waals surface area contributed by atoms with E-state index in [1.54, 1.807) is 0 Å². The number of thiazole rings is 1. The zero-order valence-electron chi connectivity index (χ0n) is 14.7. The van der Waals surface area contributed by atoms with Gasteiger partial charge in [0.05, 0.1) is 17.9 Å². The molecule has 1 aliphatic heterocycles. The molecule has 6 nitrogen and oxygen atoms in total. The third-order valence-electron chi connectivity index (χ3n) is 4.29. The van der Waals surface area contributed by atoms with Crippen molar-refractivity contribution in [3.63, 3.8) is 0 Å². The van der Waals surface area contributed by atoms with Gasteiger partial charge in [0.25, 0.3) is 5.91 Å².